The molecule has 0 atom stereocenters. The van der Waals surface area contributed by atoms with Crippen LogP contribution in [0.15, 0.2) is 35.5 Å². The highest BCUT2D eigenvalue weighted by molar-refractivity contribution is 7.11. The first-order chi connectivity index (χ1) is 12.9. The zero-order valence-corrected chi connectivity index (χ0v) is 16.1. The van der Waals surface area contributed by atoms with E-state index in [1.807, 2.05) is 18.3 Å². The highest BCUT2D eigenvalue weighted by Crippen LogP contribution is 2.16. The Labute approximate surface area is 160 Å². The average Bonchev–Trinajstić information content (AvgIpc) is 3.09. The minimum Gasteiger partial charge on any atom is -0.367 e. The molecule has 0 saturated heterocycles. The van der Waals surface area contributed by atoms with Crippen molar-refractivity contribution in [3.8, 4) is 0 Å². The van der Waals surface area contributed by atoms with Gasteiger partial charge in [0, 0.05) is 24.7 Å². The molecular formula is C18H23F3N4OS. The van der Waals surface area contributed by atoms with Gasteiger partial charge in [0.2, 0.25) is 0 Å². The zero-order valence-electron chi connectivity index (χ0n) is 15.3. The molecule has 1 aromatic carbocycles. The van der Waals surface area contributed by atoms with E-state index in [1.165, 1.54) is 4.88 Å². The van der Waals surface area contributed by atoms with Crippen molar-refractivity contribution in [3.05, 3.63) is 51.5 Å². The normalized spacial score (nSPS) is 12.3. The van der Waals surface area contributed by atoms with Crippen LogP contribution < -0.4 is 10.6 Å². The first-order valence-corrected chi connectivity index (χ1v) is 9.31. The molecule has 5 nitrogen and oxygen atoms in total. The largest absolute Gasteiger partial charge is 0.411 e. The summed E-state index contributed by atoms with van der Waals surface area (Å²) in [5.41, 5.74) is 1.62. The highest BCUT2D eigenvalue weighted by atomic mass is 32.1. The first kappa shape index (κ1) is 21.2. The van der Waals surface area contributed by atoms with Crippen molar-refractivity contribution in [2.75, 3.05) is 13.7 Å². The van der Waals surface area contributed by atoms with Gasteiger partial charge >= 0.3 is 6.18 Å². The lowest BCUT2D eigenvalue weighted by molar-refractivity contribution is -0.176. The quantitative estimate of drug-likeness (QED) is 0.525. The fourth-order valence-electron chi connectivity index (χ4n) is 2.27. The van der Waals surface area contributed by atoms with Crippen LogP contribution in [-0.2, 0) is 30.9 Å². The van der Waals surface area contributed by atoms with Gasteiger partial charge in [-0.05, 0) is 17.5 Å². The van der Waals surface area contributed by atoms with Gasteiger partial charge in [-0.1, -0.05) is 31.2 Å². The predicted octanol–water partition coefficient (Wildman–Crippen LogP) is 3.65. The van der Waals surface area contributed by atoms with Gasteiger partial charge in [0.25, 0.3) is 0 Å². The van der Waals surface area contributed by atoms with Crippen LogP contribution in [0.5, 0.6) is 0 Å². The van der Waals surface area contributed by atoms with Gasteiger partial charge in [-0.3, -0.25) is 4.99 Å². The number of aliphatic imine (C=N–C) groups is 1. The molecule has 1 heterocycles. The molecular weight excluding hydrogens is 377 g/mol. The molecule has 0 aliphatic rings. The second-order valence-electron chi connectivity index (χ2n) is 5.78. The SMILES string of the molecule is CCc1cnc(CNC(=NC)NCc2cccc(COCC(F)(F)F)c2)s1. The lowest BCUT2D eigenvalue weighted by Gasteiger charge is -2.12. The summed E-state index contributed by atoms with van der Waals surface area (Å²) >= 11 is 1.66. The number of halogens is 3. The highest BCUT2D eigenvalue weighted by Gasteiger charge is 2.27. The van der Waals surface area contributed by atoms with Gasteiger partial charge < -0.3 is 15.4 Å². The third-order valence-corrected chi connectivity index (χ3v) is 4.71. The number of benzene rings is 1. The number of alkyl halides is 3. The number of aromatic nitrogens is 1. The van der Waals surface area contributed by atoms with E-state index < -0.39 is 12.8 Å². The molecule has 148 valence electrons. The van der Waals surface area contributed by atoms with Gasteiger partial charge in [0.15, 0.2) is 5.96 Å². The molecule has 0 aliphatic heterocycles. The van der Waals surface area contributed by atoms with E-state index in [2.05, 4.69) is 27.5 Å². The molecule has 0 amide bonds. The van der Waals surface area contributed by atoms with E-state index in [-0.39, 0.29) is 6.61 Å². The maximum absolute atomic E-state index is 12.1. The number of rotatable bonds is 8. The van der Waals surface area contributed by atoms with Gasteiger partial charge in [-0.15, -0.1) is 11.3 Å². The van der Waals surface area contributed by atoms with Gasteiger partial charge in [0.1, 0.15) is 11.6 Å². The molecule has 9 heteroatoms. The third-order valence-electron chi connectivity index (χ3n) is 3.57. The molecule has 2 N–H and O–H groups in total. The molecule has 0 unspecified atom stereocenters. The summed E-state index contributed by atoms with van der Waals surface area (Å²) in [5, 5.41) is 7.36. The molecule has 2 aromatic rings. The summed E-state index contributed by atoms with van der Waals surface area (Å²) in [6.45, 7) is 1.83. The van der Waals surface area contributed by atoms with Crippen LogP contribution >= 0.6 is 11.3 Å². The van der Waals surface area contributed by atoms with E-state index in [4.69, 9.17) is 4.74 Å². The van der Waals surface area contributed by atoms with E-state index in [0.717, 1.165) is 17.0 Å². The molecule has 2 rings (SSSR count). The number of thiazole rings is 1. The van der Waals surface area contributed by atoms with Crippen LogP contribution in [0.4, 0.5) is 13.2 Å². The monoisotopic (exact) mass is 400 g/mol. The predicted molar refractivity (Wildman–Crippen MR) is 101 cm³/mol. The number of nitrogens with zero attached hydrogens (tertiary/aromatic N) is 2. The summed E-state index contributed by atoms with van der Waals surface area (Å²) in [7, 11) is 1.68. The minimum absolute atomic E-state index is 0.0792. The van der Waals surface area contributed by atoms with Crippen molar-refractivity contribution in [2.45, 2.75) is 39.2 Å². The second-order valence-corrected chi connectivity index (χ2v) is 6.98. The first-order valence-electron chi connectivity index (χ1n) is 8.50. The Hall–Kier alpha value is -2.13. The van der Waals surface area contributed by atoms with Crippen LogP contribution in [0.25, 0.3) is 0 Å². The van der Waals surface area contributed by atoms with Crippen molar-refractivity contribution in [1.29, 1.82) is 0 Å². The van der Waals surface area contributed by atoms with Crippen molar-refractivity contribution in [2.24, 2.45) is 4.99 Å². The molecule has 1 aromatic heterocycles. The average molecular weight is 400 g/mol. The maximum atomic E-state index is 12.1. The third kappa shape index (κ3) is 7.96. The van der Waals surface area contributed by atoms with Crippen molar-refractivity contribution < 1.29 is 17.9 Å². The lowest BCUT2D eigenvalue weighted by atomic mass is 10.1. The maximum Gasteiger partial charge on any atom is 0.411 e. The van der Waals surface area contributed by atoms with Gasteiger partial charge in [0.05, 0.1) is 13.2 Å². The Bertz CT molecular complexity index is 746. The number of hydrogen-bond donors (Lipinski definition) is 2. The molecule has 0 radical (unpaired) electrons. The number of guanidine groups is 1. The van der Waals surface area contributed by atoms with Crippen LogP contribution in [0.3, 0.4) is 0 Å². The fraction of sp³-hybridized carbons (Fsp3) is 0.444. The van der Waals surface area contributed by atoms with Crippen LogP contribution in [0.2, 0.25) is 0 Å². The van der Waals surface area contributed by atoms with Crippen molar-refractivity contribution in [3.63, 3.8) is 0 Å². The molecule has 0 fully saturated rings. The standard InChI is InChI=1S/C18H23F3N4OS/c1-3-15-9-23-16(27-15)10-25-17(22-2)24-8-13-5-4-6-14(7-13)11-26-12-18(19,20)21/h4-7,9H,3,8,10-12H2,1-2H3,(H2,22,24,25). The number of aryl methyl sites for hydroxylation is 1. The number of hydrogen-bond acceptors (Lipinski definition) is 4. The molecule has 27 heavy (non-hydrogen) atoms. The van der Waals surface area contributed by atoms with Crippen molar-refractivity contribution in [1.82, 2.24) is 15.6 Å². The summed E-state index contributed by atoms with van der Waals surface area (Å²) in [5.74, 6) is 0.627. The summed E-state index contributed by atoms with van der Waals surface area (Å²) in [4.78, 5) is 9.75. The molecule has 0 saturated carbocycles. The molecule has 0 aliphatic carbocycles. The van der Waals surface area contributed by atoms with Crippen LogP contribution in [0, 0.1) is 0 Å². The lowest BCUT2D eigenvalue weighted by Crippen LogP contribution is -2.36. The van der Waals surface area contributed by atoms with Crippen LogP contribution in [0.1, 0.15) is 27.9 Å². The number of nitrogens with one attached hydrogen (secondary N) is 2. The Morgan fingerprint density at radius 2 is 1.96 bits per heavy atom. The van der Waals surface area contributed by atoms with Gasteiger partial charge in [-0.2, -0.15) is 13.2 Å². The summed E-state index contributed by atoms with van der Waals surface area (Å²) < 4.78 is 41.1. The summed E-state index contributed by atoms with van der Waals surface area (Å²) in [6, 6.07) is 7.23. The van der Waals surface area contributed by atoms with Gasteiger partial charge in [-0.25, -0.2) is 4.98 Å². The van der Waals surface area contributed by atoms with E-state index >= 15 is 0 Å². The Balaban J connectivity index is 1.80. The van der Waals surface area contributed by atoms with Crippen LogP contribution in [-0.4, -0.2) is 30.8 Å². The number of ether oxygens (including phenoxy) is 1. The Morgan fingerprint density at radius 1 is 1.22 bits per heavy atom. The van der Waals surface area contributed by atoms with Crippen molar-refractivity contribution >= 4 is 17.3 Å². The van der Waals surface area contributed by atoms with E-state index in [9.17, 15) is 13.2 Å². The topological polar surface area (TPSA) is 58.5 Å². The Kier molecular flexibility index (Phi) is 8.05. The second kappa shape index (κ2) is 10.3. The fourth-order valence-corrected chi connectivity index (χ4v) is 3.08. The van der Waals surface area contributed by atoms with E-state index in [1.54, 1.807) is 30.5 Å². The molecule has 0 spiro atoms. The summed E-state index contributed by atoms with van der Waals surface area (Å²) in [6.07, 6.45) is -1.47. The Morgan fingerprint density at radius 3 is 2.63 bits per heavy atom. The zero-order chi connectivity index (χ0) is 19.7. The minimum atomic E-state index is -4.31. The smallest absolute Gasteiger partial charge is 0.367 e. The van der Waals surface area contributed by atoms with E-state index in [0.29, 0.717) is 24.6 Å². The molecule has 0 bridgehead atoms.